The average molecular weight is 425 g/mol. The summed E-state index contributed by atoms with van der Waals surface area (Å²) in [6.45, 7) is 6.20. The summed E-state index contributed by atoms with van der Waals surface area (Å²) in [4.78, 5) is 39.6. The minimum absolute atomic E-state index is 0.0741. The first-order chi connectivity index (χ1) is 14.9. The third-order valence-corrected chi connectivity index (χ3v) is 5.25. The number of rotatable bonds is 6. The fourth-order valence-corrected chi connectivity index (χ4v) is 3.62. The van der Waals surface area contributed by atoms with Crippen LogP contribution in [0.4, 0.5) is 17.1 Å². The Bertz CT molecular complexity index is 928. The SMILES string of the molecule is COC(=O)c1ccc(N2CCN(CC(=O)Nc3ccc(NC(C)=O)cc3)C(C)C2)cc1. The van der Waals surface area contributed by atoms with Gasteiger partial charge in [-0.25, -0.2) is 4.79 Å². The van der Waals surface area contributed by atoms with Gasteiger partial charge in [0.1, 0.15) is 0 Å². The van der Waals surface area contributed by atoms with Crippen LogP contribution in [0.15, 0.2) is 48.5 Å². The molecule has 31 heavy (non-hydrogen) atoms. The molecule has 164 valence electrons. The minimum atomic E-state index is -0.347. The quantitative estimate of drug-likeness (QED) is 0.693. The fraction of sp³-hybridized carbons (Fsp3) is 0.348. The molecular weight excluding hydrogens is 396 g/mol. The van der Waals surface area contributed by atoms with Crippen LogP contribution in [-0.4, -0.2) is 62.0 Å². The van der Waals surface area contributed by atoms with Gasteiger partial charge in [0.25, 0.3) is 0 Å². The van der Waals surface area contributed by atoms with Gasteiger partial charge in [0.2, 0.25) is 11.8 Å². The summed E-state index contributed by atoms with van der Waals surface area (Å²) < 4.78 is 4.74. The molecule has 0 radical (unpaired) electrons. The molecule has 2 aromatic rings. The Morgan fingerprint density at radius 3 is 2.13 bits per heavy atom. The normalized spacial score (nSPS) is 16.5. The first-order valence-electron chi connectivity index (χ1n) is 10.2. The standard InChI is InChI=1S/C23H28N4O4/c1-16-14-27(21-10-4-18(5-11-21)23(30)31-3)13-12-26(16)15-22(29)25-20-8-6-19(7-9-20)24-17(2)28/h4-11,16H,12-15H2,1-3H3,(H,24,28)(H,25,29). The summed E-state index contributed by atoms with van der Waals surface area (Å²) in [6, 6.07) is 14.6. The van der Waals surface area contributed by atoms with E-state index in [0.29, 0.717) is 23.5 Å². The number of anilines is 3. The number of hydrogen-bond donors (Lipinski definition) is 2. The number of benzene rings is 2. The van der Waals surface area contributed by atoms with Gasteiger partial charge in [-0.05, 0) is 55.5 Å². The second kappa shape index (κ2) is 10.1. The lowest BCUT2D eigenvalue weighted by atomic mass is 10.1. The molecule has 2 aromatic carbocycles. The van der Waals surface area contributed by atoms with Crippen molar-refractivity contribution >= 4 is 34.8 Å². The smallest absolute Gasteiger partial charge is 0.337 e. The van der Waals surface area contributed by atoms with Gasteiger partial charge in [0.15, 0.2) is 0 Å². The van der Waals surface area contributed by atoms with E-state index < -0.39 is 0 Å². The van der Waals surface area contributed by atoms with Crippen LogP contribution in [0.5, 0.6) is 0 Å². The number of carbonyl (C=O) groups excluding carboxylic acids is 3. The lowest BCUT2D eigenvalue weighted by Gasteiger charge is -2.40. The number of hydrogen-bond acceptors (Lipinski definition) is 6. The number of esters is 1. The van der Waals surface area contributed by atoms with Crippen LogP contribution in [0, 0.1) is 0 Å². The summed E-state index contributed by atoms with van der Waals surface area (Å²) in [7, 11) is 1.37. The molecule has 1 fully saturated rings. The molecule has 2 amide bonds. The topological polar surface area (TPSA) is 91.0 Å². The van der Waals surface area contributed by atoms with E-state index in [9.17, 15) is 14.4 Å². The molecule has 8 nitrogen and oxygen atoms in total. The van der Waals surface area contributed by atoms with E-state index in [1.165, 1.54) is 14.0 Å². The Balaban J connectivity index is 1.51. The summed E-state index contributed by atoms with van der Waals surface area (Å²) in [6.07, 6.45) is 0. The van der Waals surface area contributed by atoms with Gasteiger partial charge in [0.05, 0.1) is 19.2 Å². The molecule has 0 saturated carbocycles. The van der Waals surface area contributed by atoms with E-state index in [4.69, 9.17) is 4.74 Å². The van der Waals surface area contributed by atoms with E-state index in [1.807, 2.05) is 12.1 Å². The average Bonchev–Trinajstić information content (AvgIpc) is 2.75. The maximum atomic E-state index is 12.5. The monoisotopic (exact) mass is 424 g/mol. The Morgan fingerprint density at radius 2 is 1.58 bits per heavy atom. The third kappa shape index (κ3) is 6.05. The van der Waals surface area contributed by atoms with E-state index in [2.05, 4.69) is 27.4 Å². The lowest BCUT2D eigenvalue weighted by molar-refractivity contribution is -0.118. The summed E-state index contributed by atoms with van der Waals surface area (Å²) in [5.41, 5.74) is 2.95. The van der Waals surface area contributed by atoms with E-state index in [0.717, 1.165) is 25.3 Å². The molecule has 1 unspecified atom stereocenters. The highest BCUT2D eigenvalue weighted by Crippen LogP contribution is 2.20. The van der Waals surface area contributed by atoms with Crippen molar-refractivity contribution in [1.82, 2.24) is 4.90 Å². The van der Waals surface area contributed by atoms with Gasteiger partial charge < -0.3 is 20.3 Å². The maximum absolute atomic E-state index is 12.5. The molecule has 0 spiro atoms. The second-order valence-corrected chi connectivity index (χ2v) is 7.61. The van der Waals surface area contributed by atoms with Gasteiger partial charge in [-0.3, -0.25) is 14.5 Å². The number of methoxy groups -OCH3 is 1. The van der Waals surface area contributed by atoms with E-state index in [1.54, 1.807) is 36.4 Å². The molecule has 1 aliphatic rings. The van der Waals surface area contributed by atoms with Gasteiger partial charge in [-0.2, -0.15) is 0 Å². The second-order valence-electron chi connectivity index (χ2n) is 7.61. The number of nitrogens with zero attached hydrogens (tertiary/aromatic N) is 2. The molecule has 2 N–H and O–H groups in total. The van der Waals surface area contributed by atoms with Crippen LogP contribution in [0.1, 0.15) is 24.2 Å². The third-order valence-electron chi connectivity index (χ3n) is 5.25. The van der Waals surface area contributed by atoms with Crippen molar-refractivity contribution in [3.63, 3.8) is 0 Å². The molecule has 0 aliphatic carbocycles. The van der Waals surface area contributed by atoms with Gasteiger partial charge in [-0.15, -0.1) is 0 Å². The van der Waals surface area contributed by atoms with Crippen LogP contribution >= 0.6 is 0 Å². The maximum Gasteiger partial charge on any atom is 0.337 e. The molecule has 3 rings (SSSR count). The Kier molecular flexibility index (Phi) is 7.25. The van der Waals surface area contributed by atoms with Crippen LogP contribution in [0.25, 0.3) is 0 Å². The summed E-state index contributed by atoms with van der Waals surface area (Å²) in [5, 5.41) is 5.60. The van der Waals surface area contributed by atoms with Crippen molar-refractivity contribution in [2.24, 2.45) is 0 Å². The molecule has 0 bridgehead atoms. The fourth-order valence-electron chi connectivity index (χ4n) is 3.62. The highest BCUT2D eigenvalue weighted by Gasteiger charge is 2.25. The van der Waals surface area contributed by atoms with Crippen LogP contribution in [0.2, 0.25) is 0 Å². The predicted octanol–water partition coefficient (Wildman–Crippen LogP) is 2.58. The van der Waals surface area contributed by atoms with Crippen molar-refractivity contribution in [2.45, 2.75) is 19.9 Å². The summed E-state index contributed by atoms with van der Waals surface area (Å²) in [5.74, 6) is -0.556. The highest BCUT2D eigenvalue weighted by atomic mass is 16.5. The number of amides is 2. The van der Waals surface area contributed by atoms with E-state index in [-0.39, 0.29) is 23.8 Å². The van der Waals surface area contributed by atoms with Crippen molar-refractivity contribution in [1.29, 1.82) is 0 Å². The van der Waals surface area contributed by atoms with Gasteiger partial charge >= 0.3 is 5.97 Å². The van der Waals surface area contributed by atoms with Crippen LogP contribution in [-0.2, 0) is 14.3 Å². The summed E-state index contributed by atoms with van der Waals surface area (Å²) >= 11 is 0. The van der Waals surface area contributed by atoms with Crippen molar-refractivity contribution in [2.75, 3.05) is 48.8 Å². The number of carbonyl (C=O) groups is 3. The Labute approximate surface area is 182 Å². The first-order valence-corrected chi connectivity index (χ1v) is 10.2. The van der Waals surface area contributed by atoms with Crippen molar-refractivity contribution in [3.8, 4) is 0 Å². The van der Waals surface area contributed by atoms with Crippen molar-refractivity contribution in [3.05, 3.63) is 54.1 Å². The van der Waals surface area contributed by atoms with E-state index >= 15 is 0 Å². The molecule has 8 heteroatoms. The van der Waals surface area contributed by atoms with Crippen LogP contribution < -0.4 is 15.5 Å². The molecule has 1 atom stereocenters. The van der Waals surface area contributed by atoms with Gasteiger partial charge in [-0.1, -0.05) is 0 Å². The zero-order valence-corrected chi connectivity index (χ0v) is 18.1. The predicted molar refractivity (Wildman–Crippen MR) is 120 cm³/mol. The van der Waals surface area contributed by atoms with Crippen molar-refractivity contribution < 1.29 is 19.1 Å². The Hall–Kier alpha value is -3.39. The molecule has 1 heterocycles. The largest absolute Gasteiger partial charge is 0.465 e. The highest BCUT2D eigenvalue weighted by molar-refractivity contribution is 5.93. The number of piperazine rings is 1. The molecule has 1 aliphatic heterocycles. The minimum Gasteiger partial charge on any atom is -0.465 e. The Morgan fingerprint density at radius 1 is 0.968 bits per heavy atom. The molecule has 1 saturated heterocycles. The molecule has 0 aromatic heterocycles. The first kappa shape index (κ1) is 22.3. The number of ether oxygens (including phenoxy) is 1. The molecular formula is C23H28N4O4. The number of nitrogens with one attached hydrogen (secondary N) is 2. The lowest BCUT2D eigenvalue weighted by Crippen LogP contribution is -2.53. The van der Waals surface area contributed by atoms with Crippen LogP contribution in [0.3, 0.4) is 0 Å². The zero-order chi connectivity index (χ0) is 22.4. The van der Waals surface area contributed by atoms with Gasteiger partial charge in [0, 0.05) is 49.7 Å². The zero-order valence-electron chi connectivity index (χ0n) is 18.1.